The Morgan fingerprint density at radius 1 is 1.43 bits per heavy atom. The molecule has 3 heteroatoms. The smallest absolute Gasteiger partial charge is 0.160 e. The van der Waals surface area contributed by atoms with Crippen LogP contribution < -0.4 is 10.5 Å². The van der Waals surface area contributed by atoms with Gasteiger partial charge in [-0.25, -0.2) is 0 Å². The summed E-state index contributed by atoms with van der Waals surface area (Å²) in [4.78, 5) is 0. The zero-order chi connectivity index (χ0) is 10.1. The number of hydrogen-bond donors (Lipinski definition) is 2. The normalized spacial score (nSPS) is 20.3. The number of aromatic hydroxyl groups is 1. The van der Waals surface area contributed by atoms with Crippen LogP contribution in [-0.4, -0.2) is 18.3 Å². The van der Waals surface area contributed by atoms with Crippen LogP contribution in [0.4, 0.5) is 0 Å². The lowest BCUT2D eigenvalue weighted by Gasteiger charge is -2.22. The first-order valence-corrected chi connectivity index (χ1v) is 4.85. The minimum atomic E-state index is 0.224. The summed E-state index contributed by atoms with van der Waals surface area (Å²) in [5.74, 6) is 0.763. The van der Waals surface area contributed by atoms with Crippen LogP contribution in [0.15, 0.2) is 12.1 Å². The SMILES string of the molecule is COc1cc2c(cc1O)CC[C@@H](N)C2. The van der Waals surface area contributed by atoms with Gasteiger partial charge in [-0.05, 0) is 42.5 Å². The van der Waals surface area contributed by atoms with Gasteiger partial charge in [0.15, 0.2) is 11.5 Å². The van der Waals surface area contributed by atoms with Gasteiger partial charge in [0.2, 0.25) is 0 Å². The quantitative estimate of drug-likeness (QED) is 0.705. The molecule has 2 rings (SSSR count). The highest BCUT2D eigenvalue weighted by Crippen LogP contribution is 2.32. The largest absolute Gasteiger partial charge is 0.504 e. The van der Waals surface area contributed by atoms with Crippen molar-refractivity contribution in [3.05, 3.63) is 23.3 Å². The number of nitrogens with two attached hydrogens (primary N) is 1. The van der Waals surface area contributed by atoms with Crippen LogP contribution in [0, 0.1) is 0 Å². The van der Waals surface area contributed by atoms with E-state index in [4.69, 9.17) is 10.5 Å². The van der Waals surface area contributed by atoms with E-state index in [-0.39, 0.29) is 11.8 Å². The topological polar surface area (TPSA) is 55.5 Å². The predicted molar refractivity (Wildman–Crippen MR) is 54.7 cm³/mol. The third-order valence-electron chi connectivity index (χ3n) is 2.77. The molecular weight excluding hydrogens is 178 g/mol. The molecule has 3 nitrogen and oxygen atoms in total. The lowest BCUT2D eigenvalue weighted by atomic mass is 9.88. The van der Waals surface area contributed by atoms with Gasteiger partial charge in [0.1, 0.15) is 0 Å². The molecule has 1 aliphatic carbocycles. The van der Waals surface area contributed by atoms with Gasteiger partial charge in [-0.3, -0.25) is 0 Å². The molecule has 1 aliphatic rings. The van der Waals surface area contributed by atoms with Gasteiger partial charge in [0.05, 0.1) is 7.11 Å². The Balaban J connectivity index is 2.41. The molecular formula is C11H15NO2. The minimum Gasteiger partial charge on any atom is -0.504 e. The Labute approximate surface area is 83.5 Å². The number of ether oxygens (including phenoxy) is 1. The molecule has 76 valence electrons. The standard InChI is InChI=1S/C11H15NO2/c1-14-11-6-8-4-9(12)3-2-7(8)5-10(11)13/h5-6,9,13H,2-4,12H2,1H3/t9-/m1/s1. The maximum absolute atomic E-state index is 9.58. The van der Waals surface area contributed by atoms with Crippen LogP contribution in [0.25, 0.3) is 0 Å². The highest BCUT2D eigenvalue weighted by atomic mass is 16.5. The van der Waals surface area contributed by atoms with Crippen LogP contribution >= 0.6 is 0 Å². The zero-order valence-electron chi connectivity index (χ0n) is 8.29. The first kappa shape index (κ1) is 9.34. The average Bonchev–Trinajstić information content (AvgIpc) is 2.17. The molecule has 1 aromatic carbocycles. The molecule has 0 radical (unpaired) electrons. The lowest BCUT2D eigenvalue weighted by Crippen LogP contribution is -2.27. The van der Waals surface area contributed by atoms with E-state index in [9.17, 15) is 5.11 Å². The molecule has 0 heterocycles. The molecule has 0 aromatic heterocycles. The van der Waals surface area contributed by atoms with E-state index in [0.717, 1.165) is 19.3 Å². The van der Waals surface area contributed by atoms with Crippen molar-refractivity contribution in [2.45, 2.75) is 25.3 Å². The molecule has 14 heavy (non-hydrogen) atoms. The summed E-state index contributed by atoms with van der Waals surface area (Å²) >= 11 is 0. The molecule has 0 amide bonds. The molecule has 0 bridgehead atoms. The molecule has 0 saturated carbocycles. The summed E-state index contributed by atoms with van der Waals surface area (Å²) in [6, 6.07) is 3.93. The molecule has 0 aliphatic heterocycles. The number of rotatable bonds is 1. The molecule has 0 fully saturated rings. The van der Waals surface area contributed by atoms with Crippen molar-refractivity contribution < 1.29 is 9.84 Å². The number of aryl methyl sites for hydroxylation is 1. The minimum absolute atomic E-state index is 0.224. The van der Waals surface area contributed by atoms with Crippen LogP contribution in [-0.2, 0) is 12.8 Å². The zero-order valence-corrected chi connectivity index (χ0v) is 8.29. The second-order valence-electron chi connectivity index (χ2n) is 3.80. The van der Waals surface area contributed by atoms with Crippen molar-refractivity contribution in [2.75, 3.05) is 7.11 Å². The Morgan fingerprint density at radius 3 is 2.93 bits per heavy atom. The lowest BCUT2D eigenvalue weighted by molar-refractivity contribution is 0.371. The van der Waals surface area contributed by atoms with E-state index in [0.29, 0.717) is 5.75 Å². The van der Waals surface area contributed by atoms with E-state index in [1.165, 1.54) is 11.1 Å². The van der Waals surface area contributed by atoms with Crippen LogP contribution in [0.1, 0.15) is 17.5 Å². The number of phenols is 1. The Hall–Kier alpha value is -1.22. The molecule has 3 N–H and O–H groups in total. The van der Waals surface area contributed by atoms with Crippen molar-refractivity contribution in [1.29, 1.82) is 0 Å². The van der Waals surface area contributed by atoms with Gasteiger partial charge in [0, 0.05) is 6.04 Å². The fraction of sp³-hybridized carbons (Fsp3) is 0.455. The van der Waals surface area contributed by atoms with Crippen LogP contribution in [0.5, 0.6) is 11.5 Å². The first-order valence-electron chi connectivity index (χ1n) is 4.85. The maximum atomic E-state index is 9.58. The number of hydrogen-bond acceptors (Lipinski definition) is 3. The van der Waals surface area contributed by atoms with Crippen LogP contribution in [0.3, 0.4) is 0 Å². The number of phenolic OH excluding ortho intramolecular Hbond substituents is 1. The highest BCUT2D eigenvalue weighted by molar-refractivity contribution is 5.47. The number of benzene rings is 1. The van der Waals surface area contributed by atoms with Crippen molar-refractivity contribution >= 4 is 0 Å². The fourth-order valence-corrected chi connectivity index (χ4v) is 1.97. The van der Waals surface area contributed by atoms with Crippen LogP contribution in [0.2, 0.25) is 0 Å². The van der Waals surface area contributed by atoms with Crippen molar-refractivity contribution in [3.8, 4) is 11.5 Å². The molecule has 1 aromatic rings. The van der Waals surface area contributed by atoms with Crippen molar-refractivity contribution in [2.24, 2.45) is 5.73 Å². The summed E-state index contributed by atoms with van der Waals surface area (Å²) in [5.41, 5.74) is 8.28. The summed E-state index contributed by atoms with van der Waals surface area (Å²) in [6.45, 7) is 0. The predicted octanol–water partition coefficient (Wildman–Crippen LogP) is 1.22. The van der Waals surface area contributed by atoms with E-state index >= 15 is 0 Å². The molecule has 1 atom stereocenters. The van der Waals surface area contributed by atoms with Crippen molar-refractivity contribution in [3.63, 3.8) is 0 Å². The Kier molecular flexibility index (Phi) is 2.33. The third-order valence-corrected chi connectivity index (χ3v) is 2.77. The monoisotopic (exact) mass is 193 g/mol. The molecule has 0 spiro atoms. The Morgan fingerprint density at radius 2 is 2.21 bits per heavy atom. The number of methoxy groups -OCH3 is 1. The average molecular weight is 193 g/mol. The third kappa shape index (κ3) is 1.55. The fourth-order valence-electron chi connectivity index (χ4n) is 1.97. The van der Waals surface area contributed by atoms with E-state index < -0.39 is 0 Å². The van der Waals surface area contributed by atoms with E-state index in [2.05, 4.69) is 0 Å². The molecule has 0 saturated heterocycles. The second kappa shape index (κ2) is 3.50. The number of fused-ring (bicyclic) bond motifs is 1. The maximum Gasteiger partial charge on any atom is 0.160 e. The van der Waals surface area contributed by atoms with Gasteiger partial charge >= 0.3 is 0 Å². The van der Waals surface area contributed by atoms with Gasteiger partial charge in [0.25, 0.3) is 0 Å². The summed E-state index contributed by atoms with van der Waals surface area (Å²) in [5, 5.41) is 9.58. The van der Waals surface area contributed by atoms with Gasteiger partial charge < -0.3 is 15.6 Å². The molecule has 0 unspecified atom stereocenters. The van der Waals surface area contributed by atoms with Gasteiger partial charge in [-0.15, -0.1) is 0 Å². The summed E-state index contributed by atoms with van der Waals surface area (Å²) in [7, 11) is 1.56. The van der Waals surface area contributed by atoms with E-state index in [1.54, 1.807) is 13.2 Å². The van der Waals surface area contributed by atoms with Gasteiger partial charge in [-0.2, -0.15) is 0 Å². The second-order valence-corrected chi connectivity index (χ2v) is 3.80. The summed E-state index contributed by atoms with van der Waals surface area (Å²) in [6.07, 6.45) is 2.83. The van der Waals surface area contributed by atoms with E-state index in [1.807, 2.05) is 6.07 Å². The summed E-state index contributed by atoms with van der Waals surface area (Å²) < 4.78 is 5.06. The Bertz CT molecular complexity index is 349. The van der Waals surface area contributed by atoms with Crippen molar-refractivity contribution in [1.82, 2.24) is 0 Å². The van der Waals surface area contributed by atoms with Gasteiger partial charge in [-0.1, -0.05) is 0 Å². The highest BCUT2D eigenvalue weighted by Gasteiger charge is 2.17. The first-order chi connectivity index (χ1) is 6.70.